The summed E-state index contributed by atoms with van der Waals surface area (Å²) >= 11 is 16.8. The lowest BCUT2D eigenvalue weighted by molar-refractivity contribution is -0.0497. The van der Waals surface area contributed by atoms with Gasteiger partial charge in [-0.15, -0.1) is 11.3 Å². The molecule has 0 bridgehead atoms. The third-order valence-corrected chi connectivity index (χ3v) is 4.84. The molecule has 0 aliphatic heterocycles. The van der Waals surface area contributed by atoms with Gasteiger partial charge < -0.3 is 10.1 Å². The third kappa shape index (κ3) is 3.97. The van der Waals surface area contributed by atoms with Crippen molar-refractivity contribution in [3.8, 4) is 5.75 Å². The maximum absolute atomic E-state index is 12.2. The van der Waals surface area contributed by atoms with Crippen molar-refractivity contribution in [2.45, 2.75) is 13.2 Å². The van der Waals surface area contributed by atoms with Gasteiger partial charge in [-0.2, -0.15) is 8.78 Å². The van der Waals surface area contributed by atoms with Gasteiger partial charge in [0.15, 0.2) is 5.75 Å². The first-order valence-electron chi connectivity index (χ1n) is 5.37. The normalized spacial score (nSPS) is 10.9. The zero-order chi connectivity index (χ0) is 14.7. The Labute approximate surface area is 136 Å². The van der Waals surface area contributed by atoms with Gasteiger partial charge in [0.05, 0.1) is 16.6 Å². The van der Waals surface area contributed by atoms with Gasteiger partial charge in [-0.05, 0) is 39.5 Å². The molecule has 0 radical (unpaired) electrons. The summed E-state index contributed by atoms with van der Waals surface area (Å²) < 4.78 is 29.7. The van der Waals surface area contributed by atoms with Crippen molar-refractivity contribution < 1.29 is 13.5 Å². The number of hydrogen-bond donors (Lipinski definition) is 1. The van der Waals surface area contributed by atoms with E-state index in [0.717, 1.165) is 9.35 Å². The minimum atomic E-state index is -2.97. The Hall–Kier alpha value is -0.560. The number of benzene rings is 1. The fraction of sp³-hybridized carbons (Fsp3) is 0.167. The number of halogens is 5. The van der Waals surface area contributed by atoms with Crippen molar-refractivity contribution in [3.63, 3.8) is 0 Å². The molecule has 2 rings (SSSR count). The van der Waals surface area contributed by atoms with Crippen LogP contribution in [-0.4, -0.2) is 6.61 Å². The second kappa shape index (κ2) is 6.93. The molecule has 0 unspecified atom stereocenters. The van der Waals surface area contributed by atoms with Gasteiger partial charge in [0, 0.05) is 15.0 Å². The molecule has 1 N–H and O–H groups in total. The fourth-order valence-corrected chi connectivity index (χ4v) is 3.51. The van der Waals surface area contributed by atoms with E-state index < -0.39 is 6.61 Å². The van der Waals surface area contributed by atoms with Gasteiger partial charge >= 0.3 is 6.61 Å². The third-order valence-electron chi connectivity index (χ3n) is 2.35. The monoisotopic (exact) mass is 401 g/mol. The standard InChI is InChI=1S/C12H8BrCl2F2NOS/c13-7-1-2-20-10(7)5-18-6-3-8(14)11(9(15)4-6)19-12(16)17/h1-4,12,18H,5H2. The average Bonchev–Trinajstić information content (AvgIpc) is 2.77. The molecular formula is C12H8BrCl2F2NOS. The molecule has 8 heteroatoms. The second-order valence-electron chi connectivity index (χ2n) is 3.69. The number of thiophene rings is 1. The molecule has 0 saturated carbocycles. The van der Waals surface area contributed by atoms with Gasteiger partial charge in [0.2, 0.25) is 0 Å². The smallest absolute Gasteiger partial charge is 0.387 e. The summed E-state index contributed by atoms with van der Waals surface area (Å²) in [5.74, 6) is -0.216. The van der Waals surface area contributed by atoms with E-state index in [0.29, 0.717) is 12.2 Å². The average molecular weight is 403 g/mol. The highest BCUT2D eigenvalue weighted by Gasteiger charge is 2.14. The Kier molecular flexibility index (Phi) is 5.49. The minimum absolute atomic E-state index is 0.0329. The molecule has 1 aromatic heterocycles. The summed E-state index contributed by atoms with van der Waals surface area (Å²) in [4.78, 5) is 1.10. The Morgan fingerprint density at radius 2 is 1.95 bits per heavy atom. The molecule has 1 heterocycles. The Morgan fingerprint density at radius 3 is 2.45 bits per heavy atom. The molecular weight excluding hydrogens is 395 g/mol. The van der Waals surface area contributed by atoms with Crippen molar-refractivity contribution in [2.24, 2.45) is 0 Å². The summed E-state index contributed by atoms with van der Waals surface area (Å²) in [5.41, 5.74) is 0.627. The van der Waals surface area contributed by atoms with Crippen LogP contribution < -0.4 is 10.1 Å². The van der Waals surface area contributed by atoms with Crippen LogP contribution >= 0.6 is 50.5 Å². The highest BCUT2D eigenvalue weighted by Crippen LogP contribution is 2.37. The van der Waals surface area contributed by atoms with Crippen molar-refractivity contribution in [3.05, 3.63) is 43.0 Å². The fourth-order valence-electron chi connectivity index (χ4n) is 1.50. The quantitative estimate of drug-likeness (QED) is 0.659. The Balaban J connectivity index is 2.12. The van der Waals surface area contributed by atoms with Crippen LogP contribution in [0.5, 0.6) is 5.75 Å². The summed E-state index contributed by atoms with van der Waals surface area (Å²) in [7, 11) is 0. The lowest BCUT2D eigenvalue weighted by Crippen LogP contribution is -2.04. The van der Waals surface area contributed by atoms with E-state index in [9.17, 15) is 8.78 Å². The molecule has 108 valence electrons. The molecule has 0 spiro atoms. The highest BCUT2D eigenvalue weighted by atomic mass is 79.9. The first-order chi connectivity index (χ1) is 9.47. The van der Waals surface area contributed by atoms with E-state index >= 15 is 0 Å². The van der Waals surface area contributed by atoms with Crippen molar-refractivity contribution in [1.29, 1.82) is 0 Å². The molecule has 0 saturated heterocycles. The molecule has 20 heavy (non-hydrogen) atoms. The zero-order valence-corrected chi connectivity index (χ0v) is 13.7. The molecule has 0 atom stereocenters. The van der Waals surface area contributed by atoms with E-state index in [2.05, 4.69) is 26.0 Å². The topological polar surface area (TPSA) is 21.3 Å². The Morgan fingerprint density at radius 1 is 1.30 bits per heavy atom. The van der Waals surface area contributed by atoms with Crippen molar-refractivity contribution in [2.75, 3.05) is 5.32 Å². The summed E-state index contributed by atoms with van der Waals surface area (Å²) in [6.45, 7) is -2.40. The molecule has 0 aliphatic carbocycles. The van der Waals surface area contributed by atoms with Crippen LogP contribution in [0, 0.1) is 0 Å². The number of hydrogen-bond acceptors (Lipinski definition) is 3. The second-order valence-corrected chi connectivity index (χ2v) is 6.36. The van der Waals surface area contributed by atoms with Gasteiger partial charge in [-0.25, -0.2) is 0 Å². The molecule has 2 aromatic rings. The molecule has 0 aliphatic rings. The summed E-state index contributed by atoms with van der Waals surface area (Å²) in [6, 6.07) is 4.93. The predicted octanol–water partition coefficient (Wildman–Crippen LogP) is 6.03. The SMILES string of the molecule is FC(F)Oc1c(Cl)cc(NCc2sccc2Br)cc1Cl. The van der Waals surface area contributed by atoms with Crippen LogP contribution in [0.3, 0.4) is 0 Å². The molecule has 0 amide bonds. The van der Waals surface area contributed by atoms with E-state index in [1.54, 1.807) is 11.3 Å². The largest absolute Gasteiger partial charge is 0.432 e. The number of anilines is 1. The van der Waals surface area contributed by atoms with Crippen LogP contribution in [0.15, 0.2) is 28.1 Å². The van der Waals surface area contributed by atoms with E-state index in [1.807, 2.05) is 11.4 Å². The molecule has 0 fully saturated rings. The minimum Gasteiger partial charge on any atom is -0.432 e. The molecule has 2 nitrogen and oxygen atoms in total. The Bertz CT molecular complexity index is 586. The lowest BCUT2D eigenvalue weighted by Gasteiger charge is -2.12. The van der Waals surface area contributed by atoms with E-state index in [4.69, 9.17) is 23.2 Å². The highest BCUT2D eigenvalue weighted by molar-refractivity contribution is 9.10. The van der Waals surface area contributed by atoms with Gasteiger partial charge in [0.25, 0.3) is 0 Å². The summed E-state index contributed by atoms with van der Waals surface area (Å²) in [5, 5.41) is 5.14. The van der Waals surface area contributed by atoms with Crippen LogP contribution in [-0.2, 0) is 6.54 Å². The van der Waals surface area contributed by atoms with Gasteiger partial charge in [-0.3, -0.25) is 0 Å². The maximum atomic E-state index is 12.2. The van der Waals surface area contributed by atoms with Crippen LogP contribution in [0.2, 0.25) is 10.0 Å². The maximum Gasteiger partial charge on any atom is 0.387 e. The van der Waals surface area contributed by atoms with Crippen molar-refractivity contribution in [1.82, 2.24) is 0 Å². The molecule has 1 aromatic carbocycles. The lowest BCUT2D eigenvalue weighted by atomic mass is 10.3. The zero-order valence-electron chi connectivity index (χ0n) is 9.80. The first kappa shape index (κ1) is 15.8. The van der Waals surface area contributed by atoms with E-state index in [-0.39, 0.29) is 15.8 Å². The summed E-state index contributed by atoms with van der Waals surface area (Å²) in [6.07, 6.45) is 0. The van der Waals surface area contributed by atoms with Gasteiger partial charge in [-0.1, -0.05) is 23.2 Å². The predicted molar refractivity (Wildman–Crippen MR) is 82.4 cm³/mol. The number of ether oxygens (including phenoxy) is 1. The number of nitrogens with one attached hydrogen (secondary N) is 1. The van der Waals surface area contributed by atoms with E-state index in [1.165, 1.54) is 12.1 Å². The van der Waals surface area contributed by atoms with Crippen LogP contribution in [0.1, 0.15) is 4.88 Å². The van der Waals surface area contributed by atoms with Gasteiger partial charge in [0.1, 0.15) is 0 Å². The van der Waals surface area contributed by atoms with Crippen molar-refractivity contribution >= 4 is 56.2 Å². The van der Waals surface area contributed by atoms with Crippen LogP contribution in [0.25, 0.3) is 0 Å². The number of rotatable bonds is 5. The number of alkyl halides is 2. The first-order valence-corrected chi connectivity index (χ1v) is 7.80. The van der Waals surface area contributed by atoms with Crippen LogP contribution in [0.4, 0.5) is 14.5 Å².